The molecular weight excluding hydrogens is 286 g/mol. The van der Waals surface area contributed by atoms with Crippen molar-refractivity contribution in [2.75, 3.05) is 18.0 Å². The lowest BCUT2D eigenvalue weighted by molar-refractivity contribution is 0.371. The highest BCUT2D eigenvalue weighted by Crippen LogP contribution is 2.34. The summed E-state index contributed by atoms with van der Waals surface area (Å²) in [4.78, 5) is 15.7. The zero-order valence-corrected chi connectivity index (χ0v) is 13.8. The molecule has 5 heteroatoms. The van der Waals surface area contributed by atoms with Gasteiger partial charge in [-0.15, -0.1) is 0 Å². The molecule has 0 unspecified atom stereocenters. The van der Waals surface area contributed by atoms with E-state index < -0.39 is 0 Å². The second-order valence-corrected chi connectivity index (χ2v) is 7.17. The van der Waals surface area contributed by atoms with E-state index >= 15 is 0 Å². The van der Waals surface area contributed by atoms with Crippen LogP contribution in [0.15, 0.2) is 42.9 Å². The van der Waals surface area contributed by atoms with Crippen molar-refractivity contribution in [1.82, 2.24) is 19.5 Å². The van der Waals surface area contributed by atoms with Gasteiger partial charge in [-0.2, -0.15) is 0 Å². The molecule has 0 N–H and O–H groups in total. The van der Waals surface area contributed by atoms with Crippen LogP contribution in [0.1, 0.15) is 32.6 Å². The quantitative estimate of drug-likeness (QED) is 0.729. The lowest BCUT2D eigenvalue weighted by Crippen LogP contribution is -2.49. The average Bonchev–Trinajstić information content (AvgIpc) is 2.87. The highest BCUT2D eigenvalue weighted by Gasteiger charge is 2.34. The number of benzene rings is 1. The highest BCUT2D eigenvalue weighted by molar-refractivity contribution is 5.76. The van der Waals surface area contributed by atoms with Crippen molar-refractivity contribution in [3.05, 3.63) is 48.7 Å². The summed E-state index contributed by atoms with van der Waals surface area (Å²) in [6.45, 7) is 8.57. The molecule has 0 atom stereocenters. The van der Waals surface area contributed by atoms with Crippen LogP contribution in [0.25, 0.3) is 11.0 Å². The Morgan fingerprint density at radius 2 is 1.87 bits per heavy atom. The topological polar surface area (TPSA) is 46.8 Å². The Hall–Kier alpha value is -2.43. The Bertz CT molecular complexity index is 825. The zero-order valence-electron chi connectivity index (χ0n) is 13.8. The summed E-state index contributed by atoms with van der Waals surface area (Å²) >= 11 is 0. The molecule has 1 aliphatic heterocycles. The van der Waals surface area contributed by atoms with Crippen molar-refractivity contribution in [3.63, 3.8) is 0 Å². The van der Waals surface area contributed by atoms with Gasteiger partial charge in [0.2, 0.25) is 0 Å². The minimum Gasteiger partial charge on any atom is -0.351 e. The summed E-state index contributed by atoms with van der Waals surface area (Å²) in [5.74, 6) is 2.10. The fourth-order valence-electron chi connectivity index (χ4n) is 3.20. The number of aromatic nitrogens is 4. The van der Waals surface area contributed by atoms with E-state index in [4.69, 9.17) is 4.98 Å². The van der Waals surface area contributed by atoms with Gasteiger partial charge in [0.05, 0.1) is 23.3 Å². The summed E-state index contributed by atoms with van der Waals surface area (Å²) in [5, 5.41) is 0. The van der Waals surface area contributed by atoms with Gasteiger partial charge in [0.1, 0.15) is 11.6 Å². The first-order valence-electron chi connectivity index (χ1n) is 8.02. The second-order valence-electron chi connectivity index (χ2n) is 7.17. The molecule has 0 amide bonds. The molecule has 2 aromatic heterocycles. The van der Waals surface area contributed by atoms with Gasteiger partial charge in [0.25, 0.3) is 0 Å². The molecule has 1 fully saturated rings. The van der Waals surface area contributed by atoms with Gasteiger partial charge in [0.15, 0.2) is 0 Å². The van der Waals surface area contributed by atoms with Gasteiger partial charge in [-0.05, 0) is 12.1 Å². The van der Waals surface area contributed by atoms with Crippen LogP contribution in [0.4, 0.5) is 5.82 Å². The lowest BCUT2D eigenvalue weighted by atomic mass is 9.94. The molecule has 0 bridgehead atoms. The monoisotopic (exact) mass is 307 g/mol. The smallest absolute Gasteiger partial charge is 0.147 e. The van der Waals surface area contributed by atoms with E-state index in [2.05, 4.69) is 64.5 Å². The molecule has 23 heavy (non-hydrogen) atoms. The van der Waals surface area contributed by atoms with E-state index in [-0.39, 0.29) is 5.41 Å². The summed E-state index contributed by atoms with van der Waals surface area (Å²) in [6.07, 6.45) is 5.28. The van der Waals surface area contributed by atoms with Crippen molar-refractivity contribution in [2.45, 2.75) is 32.2 Å². The molecule has 1 saturated heterocycles. The van der Waals surface area contributed by atoms with E-state index in [1.807, 2.05) is 6.20 Å². The Kier molecular flexibility index (Phi) is 3.11. The zero-order chi connectivity index (χ0) is 16.0. The first kappa shape index (κ1) is 14.2. The third-order valence-corrected chi connectivity index (χ3v) is 4.37. The molecule has 0 aliphatic carbocycles. The number of para-hydroxylation sites is 2. The number of anilines is 1. The molecule has 0 saturated carbocycles. The maximum Gasteiger partial charge on any atom is 0.147 e. The van der Waals surface area contributed by atoms with Crippen molar-refractivity contribution in [1.29, 1.82) is 0 Å². The van der Waals surface area contributed by atoms with Crippen molar-refractivity contribution in [3.8, 4) is 0 Å². The normalized spacial score (nSPS) is 15.9. The molecule has 1 aromatic carbocycles. The predicted octanol–water partition coefficient (Wildman–Crippen LogP) is 3.19. The van der Waals surface area contributed by atoms with Gasteiger partial charge in [-0.1, -0.05) is 32.9 Å². The SMILES string of the molecule is CC(C)(C)c1nc2ccccc2n1C1CN(c2cnccn2)C1. The maximum atomic E-state index is 4.90. The first-order valence-corrected chi connectivity index (χ1v) is 8.02. The van der Waals surface area contributed by atoms with E-state index in [1.54, 1.807) is 12.4 Å². The van der Waals surface area contributed by atoms with E-state index in [9.17, 15) is 0 Å². The third kappa shape index (κ3) is 2.36. The van der Waals surface area contributed by atoms with Gasteiger partial charge in [-0.25, -0.2) is 9.97 Å². The Morgan fingerprint density at radius 1 is 1.09 bits per heavy atom. The van der Waals surface area contributed by atoms with Crippen molar-refractivity contribution >= 4 is 16.9 Å². The van der Waals surface area contributed by atoms with Gasteiger partial charge >= 0.3 is 0 Å². The molecule has 0 radical (unpaired) electrons. The number of hydrogen-bond donors (Lipinski definition) is 0. The van der Waals surface area contributed by atoms with Crippen LogP contribution < -0.4 is 4.90 Å². The summed E-state index contributed by atoms with van der Waals surface area (Å²) in [7, 11) is 0. The molecule has 3 aromatic rings. The number of hydrogen-bond acceptors (Lipinski definition) is 4. The second kappa shape index (κ2) is 5.05. The number of rotatable bonds is 2. The largest absolute Gasteiger partial charge is 0.351 e. The molecular formula is C18H21N5. The average molecular weight is 307 g/mol. The standard InChI is InChI=1S/C18H21N5/c1-18(2,3)17-21-14-6-4-5-7-15(14)23(17)13-11-22(12-13)16-10-19-8-9-20-16/h4-10,13H,11-12H2,1-3H3. The van der Waals surface area contributed by atoms with Crippen molar-refractivity contribution in [2.24, 2.45) is 0 Å². The predicted molar refractivity (Wildman–Crippen MR) is 91.7 cm³/mol. The van der Waals surface area contributed by atoms with E-state index in [0.29, 0.717) is 6.04 Å². The maximum absolute atomic E-state index is 4.90. The van der Waals surface area contributed by atoms with Crippen LogP contribution in [0.3, 0.4) is 0 Å². The van der Waals surface area contributed by atoms with Gasteiger partial charge < -0.3 is 9.47 Å². The molecule has 4 rings (SSSR count). The highest BCUT2D eigenvalue weighted by atomic mass is 15.3. The van der Waals surface area contributed by atoms with Gasteiger partial charge in [-0.3, -0.25) is 4.98 Å². The number of nitrogens with zero attached hydrogens (tertiary/aromatic N) is 5. The fourth-order valence-corrected chi connectivity index (χ4v) is 3.20. The first-order chi connectivity index (χ1) is 11.0. The minimum atomic E-state index is 0.0198. The number of fused-ring (bicyclic) bond motifs is 1. The summed E-state index contributed by atoms with van der Waals surface area (Å²) in [6, 6.07) is 8.84. The molecule has 0 spiro atoms. The summed E-state index contributed by atoms with van der Waals surface area (Å²) < 4.78 is 2.42. The molecule has 1 aliphatic rings. The minimum absolute atomic E-state index is 0.0198. The van der Waals surface area contributed by atoms with Crippen molar-refractivity contribution < 1.29 is 0 Å². The third-order valence-electron chi connectivity index (χ3n) is 4.37. The Balaban J connectivity index is 1.70. The lowest BCUT2D eigenvalue weighted by Gasteiger charge is -2.42. The molecule has 5 nitrogen and oxygen atoms in total. The van der Waals surface area contributed by atoms with Crippen LogP contribution in [0.2, 0.25) is 0 Å². The van der Waals surface area contributed by atoms with Crippen LogP contribution in [-0.2, 0) is 5.41 Å². The Morgan fingerprint density at radius 3 is 2.57 bits per heavy atom. The summed E-state index contributed by atoms with van der Waals surface area (Å²) in [5.41, 5.74) is 2.32. The van der Waals surface area contributed by atoms with E-state index in [0.717, 1.165) is 30.2 Å². The molecule has 118 valence electrons. The van der Waals surface area contributed by atoms with Gasteiger partial charge in [0, 0.05) is 30.9 Å². The molecule has 3 heterocycles. The van der Waals surface area contributed by atoms with Crippen LogP contribution in [0, 0.1) is 0 Å². The van der Waals surface area contributed by atoms with E-state index in [1.165, 1.54) is 5.52 Å². The van der Waals surface area contributed by atoms with Crippen LogP contribution in [-0.4, -0.2) is 32.6 Å². The Labute approximate surface area is 136 Å². The van der Waals surface area contributed by atoms with Crippen LogP contribution in [0.5, 0.6) is 0 Å². The van der Waals surface area contributed by atoms with Crippen LogP contribution >= 0.6 is 0 Å². The number of imidazole rings is 1. The fraction of sp³-hybridized carbons (Fsp3) is 0.389.